The maximum absolute atomic E-state index is 3.45. The molecule has 17 heavy (non-hydrogen) atoms. The van der Waals surface area contributed by atoms with Crippen molar-refractivity contribution in [3.8, 4) is 0 Å². The van der Waals surface area contributed by atoms with Gasteiger partial charge < -0.3 is 10.2 Å². The fourth-order valence-electron chi connectivity index (χ4n) is 2.65. The highest BCUT2D eigenvalue weighted by atomic mass is 15.1. The number of aryl methyl sites for hydroxylation is 1. The zero-order valence-corrected chi connectivity index (χ0v) is 11.3. The number of rotatable bonds is 3. The monoisotopic (exact) mass is 232 g/mol. The van der Waals surface area contributed by atoms with Gasteiger partial charge in [-0.15, -0.1) is 0 Å². The van der Waals surface area contributed by atoms with Crippen LogP contribution >= 0.6 is 0 Å². The van der Waals surface area contributed by atoms with E-state index in [0.717, 1.165) is 25.6 Å². The Labute approximate surface area is 105 Å². The second kappa shape index (κ2) is 5.54. The van der Waals surface area contributed by atoms with Gasteiger partial charge in [0.1, 0.15) is 0 Å². The summed E-state index contributed by atoms with van der Waals surface area (Å²) in [6.07, 6.45) is 2.54. The Morgan fingerprint density at radius 2 is 2.00 bits per heavy atom. The largest absolute Gasteiger partial charge is 0.375 e. The van der Waals surface area contributed by atoms with Gasteiger partial charge in [0.2, 0.25) is 0 Å². The third-order valence-corrected chi connectivity index (χ3v) is 3.85. The first-order chi connectivity index (χ1) is 8.22. The van der Waals surface area contributed by atoms with Crippen LogP contribution in [0.1, 0.15) is 36.8 Å². The fraction of sp³-hybridized carbons (Fsp3) is 0.600. The molecular weight excluding hydrogens is 208 g/mol. The molecule has 0 aromatic heterocycles. The Morgan fingerprint density at radius 1 is 1.29 bits per heavy atom. The van der Waals surface area contributed by atoms with Crippen molar-refractivity contribution in [1.29, 1.82) is 0 Å². The lowest BCUT2D eigenvalue weighted by molar-refractivity contribution is 0.460. The Kier molecular flexibility index (Phi) is 4.06. The molecule has 1 saturated heterocycles. The lowest BCUT2D eigenvalue weighted by Crippen LogP contribution is -2.28. The smallest absolute Gasteiger partial charge is 0.0399 e. The van der Waals surface area contributed by atoms with Crippen molar-refractivity contribution in [2.45, 2.75) is 32.6 Å². The highest BCUT2D eigenvalue weighted by Gasteiger charge is 2.19. The van der Waals surface area contributed by atoms with E-state index in [1.54, 1.807) is 5.56 Å². The zero-order chi connectivity index (χ0) is 12.3. The summed E-state index contributed by atoms with van der Waals surface area (Å²) in [6.45, 7) is 7.80. The summed E-state index contributed by atoms with van der Waals surface area (Å²) in [4.78, 5) is 2.36. The van der Waals surface area contributed by atoms with Gasteiger partial charge in [0, 0.05) is 19.3 Å². The maximum Gasteiger partial charge on any atom is 0.0399 e. The molecule has 0 radical (unpaired) electrons. The molecule has 0 atom stereocenters. The Balaban J connectivity index is 2.31. The summed E-state index contributed by atoms with van der Waals surface area (Å²) >= 11 is 0. The van der Waals surface area contributed by atoms with Gasteiger partial charge in [0.25, 0.3) is 0 Å². The van der Waals surface area contributed by atoms with Crippen LogP contribution in [0.2, 0.25) is 0 Å². The van der Waals surface area contributed by atoms with Crippen LogP contribution in [0.15, 0.2) is 18.2 Å². The van der Waals surface area contributed by atoms with E-state index >= 15 is 0 Å². The van der Waals surface area contributed by atoms with E-state index in [9.17, 15) is 0 Å². The highest BCUT2D eigenvalue weighted by molar-refractivity contribution is 5.56. The molecule has 1 N–H and O–H groups in total. The number of nitrogens with one attached hydrogen (secondary N) is 1. The lowest BCUT2D eigenvalue weighted by Gasteiger charge is -2.29. The molecule has 1 aromatic carbocycles. The Morgan fingerprint density at radius 3 is 2.65 bits per heavy atom. The summed E-state index contributed by atoms with van der Waals surface area (Å²) in [5, 5.41) is 3.45. The topological polar surface area (TPSA) is 15.3 Å². The average Bonchev–Trinajstić information content (AvgIpc) is 2.39. The second-order valence-corrected chi connectivity index (χ2v) is 5.10. The second-order valence-electron chi connectivity index (χ2n) is 5.10. The van der Waals surface area contributed by atoms with Crippen LogP contribution in [-0.4, -0.2) is 26.7 Å². The number of piperidine rings is 1. The molecule has 0 unspecified atom stereocenters. The zero-order valence-electron chi connectivity index (χ0n) is 11.3. The van der Waals surface area contributed by atoms with Gasteiger partial charge >= 0.3 is 0 Å². The van der Waals surface area contributed by atoms with E-state index in [1.165, 1.54) is 24.1 Å². The third-order valence-electron chi connectivity index (χ3n) is 3.85. The predicted octanol–water partition coefficient (Wildman–Crippen LogP) is 2.92. The Bertz CT molecular complexity index is 367. The van der Waals surface area contributed by atoms with Crippen molar-refractivity contribution in [2.24, 2.45) is 0 Å². The van der Waals surface area contributed by atoms with Crippen molar-refractivity contribution in [1.82, 2.24) is 5.32 Å². The molecule has 0 spiro atoms. The number of anilines is 1. The quantitative estimate of drug-likeness (QED) is 0.862. The molecule has 0 amide bonds. The van der Waals surface area contributed by atoms with E-state index in [2.05, 4.69) is 49.3 Å². The summed E-state index contributed by atoms with van der Waals surface area (Å²) in [5.74, 6) is 0.736. The van der Waals surface area contributed by atoms with Gasteiger partial charge in [0.15, 0.2) is 0 Å². The van der Waals surface area contributed by atoms with Crippen molar-refractivity contribution in [3.05, 3.63) is 29.3 Å². The van der Waals surface area contributed by atoms with E-state index in [1.807, 2.05) is 0 Å². The summed E-state index contributed by atoms with van der Waals surface area (Å²) < 4.78 is 0. The van der Waals surface area contributed by atoms with Crippen LogP contribution in [0, 0.1) is 6.92 Å². The molecule has 0 saturated carbocycles. The van der Waals surface area contributed by atoms with E-state index < -0.39 is 0 Å². The minimum absolute atomic E-state index is 0.736. The summed E-state index contributed by atoms with van der Waals surface area (Å²) in [5.41, 5.74) is 4.35. The van der Waals surface area contributed by atoms with Crippen LogP contribution < -0.4 is 10.2 Å². The fourth-order valence-corrected chi connectivity index (χ4v) is 2.65. The first-order valence-electron chi connectivity index (χ1n) is 6.74. The predicted molar refractivity (Wildman–Crippen MR) is 75.0 cm³/mol. The summed E-state index contributed by atoms with van der Waals surface area (Å²) in [7, 11) is 2.19. The molecule has 1 aliphatic rings. The highest BCUT2D eigenvalue weighted by Crippen LogP contribution is 2.33. The van der Waals surface area contributed by atoms with Crippen LogP contribution in [0.25, 0.3) is 0 Å². The van der Waals surface area contributed by atoms with Crippen LogP contribution in [0.5, 0.6) is 0 Å². The normalized spacial score (nSPS) is 17.1. The first-order valence-corrected chi connectivity index (χ1v) is 6.74. The molecule has 1 aromatic rings. The first kappa shape index (κ1) is 12.4. The minimum atomic E-state index is 0.736. The standard InChI is InChI=1S/C15H24N2/c1-4-17(3)15-6-5-12(2)11-14(15)13-7-9-16-10-8-13/h5-6,11,13,16H,4,7-10H2,1-3H3. The number of hydrogen-bond donors (Lipinski definition) is 1. The molecule has 2 rings (SSSR count). The van der Waals surface area contributed by atoms with Crippen LogP contribution in [0.4, 0.5) is 5.69 Å². The van der Waals surface area contributed by atoms with Gasteiger partial charge in [-0.3, -0.25) is 0 Å². The molecule has 2 nitrogen and oxygen atoms in total. The molecule has 94 valence electrons. The average molecular weight is 232 g/mol. The molecule has 1 fully saturated rings. The van der Waals surface area contributed by atoms with Gasteiger partial charge in [-0.2, -0.15) is 0 Å². The SMILES string of the molecule is CCN(C)c1ccc(C)cc1C1CCNCC1. The molecular formula is C15H24N2. The minimum Gasteiger partial charge on any atom is -0.375 e. The number of nitrogens with zero attached hydrogens (tertiary/aromatic N) is 1. The van der Waals surface area contributed by atoms with Crippen molar-refractivity contribution < 1.29 is 0 Å². The van der Waals surface area contributed by atoms with E-state index in [-0.39, 0.29) is 0 Å². The van der Waals surface area contributed by atoms with Gasteiger partial charge in [-0.1, -0.05) is 17.7 Å². The van der Waals surface area contributed by atoms with Crippen LogP contribution in [0.3, 0.4) is 0 Å². The number of benzene rings is 1. The Hall–Kier alpha value is -1.02. The molecule has 1 heterocycles. The van der Waals surface area contributed by atoms with Crippen molar-refractivity contribution in [3.63, 3.8) is 0 Å². The van der Waals surface area contributed by atoms with Gasteiger partial charge in [-0.25, -0.2) is 0 Å². The number of hydrogen-bond acceptors (Lipinski definition) is 2. The maximum atomic E-state index is 3.45. The molecule has 0 bridgehead atoms. The van der Waals surface area contributed by atoms with Gasteiger partial charge in [-0.05, 0) is 57.3 Å². The summed E-state index contributed by atoms with van der Waals surface area (Å²) in [6, 6.07) is 6.90. The molecule has 0 aliphatic carbocycles. The lowest BCUT2D eigenvalue weighted by atomic mass is 9.88. The molecule has 1 aliphatic heterocycles. The van der Waals surface area contributed by atoms with E-state index in [4.69, 9.17) is 0 Å². The van der Waals surface area contributed by atoms with Gasteiger partial charge in [0.05, 0.1) is 0 Å². The van der Waals surface area contributed by atoms with Crippen molar-refractivity contribution in [2.75, 3.05) is 31.6 Å². The third kappa shape index (κ3) is 2.81. The van der Waals surface area contributed by atoms with Crippen molar-refractivity contribution >= 4 is 5.69 Å². The molecule has 2 heteroatoms. The van der Waals surface area contributed by atoms with Crippen LogP contribution in [-0.2, 0) is 0 Å². The van der Waals surface area contributed by atoms with E-state index in [0.29, 0.717) is 0 Å².